The smallest absolute Gasteiger partial charge is 0.316 e. The van der Waals surface area contributed by atoms with Crippen LogP contribution in [-0.4, -0.2) is 16.1 Å². The number of carboxylic acid groups (broad SMARTS) is 1. The van der Waals surface area contributed by atoms with E-state index in [1.807, 2.05) is 19.2 Å². The molecule has 1 aliphatic carbocycles. The van der Waals surface area contributed by atoms with Gasteiger partial charge in [0.2, 0.25) is 0 Å². The molecule has 2 atom stereocenters. The standard InChI is InChI=1S/C11H15NO2S/c1-7-4-3-5-11(7,10(13)14)9-12-8(2)6-15-9/h6-7H,3-5H2,1-2H3,(H,13,14). The molecule has 82 valence electrons. The molecule has 4 heteroatoms. The lowest BCUT2D eigenvalue weighted by molar-refractivity contribution is -0.145. The number of aryl methyl sites for hydroxylation is 1. The van der Waals surface area contributed by atoms with Gasteiger partial charge in [-0.25, -0.2) is 4.98 Å². The zero-order chi connectivity index (χ0) is 11.1. The molecule has 0 radical (unpaired) electrons. The van der Waals surface area contributed by atoms with E-state index in [1.54, 1.807) is 0 Å². The number of aliphatic carboxylic acids is 1. The largest absolute Gasteiger partial charge is 0.481 e. The number of hydrogen-bond acceptors (Lipinski definition) is 3. The number of hydrogen-bond donors (Lipinski definition) is 1. The Bertz CT molecular complexity index is 388. The highest BCUT2D eigenvalue weighted by atomic mass is 32.1. The van der Waals surface area contributed by atoms with E-state index >= 15 is 0 Å². The molecule has 1 saturated carbocycles. The maximum atomic E-state index is 11.5. The first-order chi connectivity index (χ1) is 7.07. The summed E-state index contributed by atoms with van der Waals surface area (Å²) in [6, 6.07) is 0. The van der Waals surface area contributed by atoms with Crippen molar-refractivity contribution in [1.29, 1.82) is 0 Å². The van der Waals surface area contributed by atoms with Crippen molar-refractivity contribution in [2.75, 3.05) is 0 Å². The number of thiazole rings is 1. The first kappa shape index (κ1) is 10.6. The van der Waals surface area contributed by atoms with Gasteiger partial charge in [-0.1, -0.05) is 13.3 Å². The number of aromatic nitrogens is 1. The highest BCUT2D eigenvalue weighted by Gasteiger charge is 2.50. The van der Waals surface area contributed by atoms with Crippen LogP contribution >= 0.6 is 11.3 Å². The molecule has 1 aromatic heterocycles. The van der Waals surface area contributed by atoms with E-state index in [1.165, 1.54) is 11.3 Å². The van der Waals surface area contributed by atoms with Gasteiger partial charge in [0, 0.05) is 11.1 Å². The summed E-state index contributed by atoms with van der Waals surface area (Å²) in [5.41, 5.74) is 0.216. The first-order valence-electron chi connectivity index (χ1n) is 5.23. The summed E-state index contributed by atoms with van der Waals surface area (Å²) in [6.07, 6.45) is 2.72. The number of carbonyl (C=O) groups is 1. The van der Waals surface area contributed by atoms with Gasteiger partial charge in [-0.2, -0.15) is 0 Å². The highest BCUT2D eigenvalue weighted by molar-refractivity contribution is 7.10. The Balaban J connectivity index is 2.47. The minimum Gasteiger partial charge on any atom is -0.481 e. The van der Waals surface area contributed by atoms with Crippen LogP contribution in [0.5, 0.6) is 0 Å². The Labute approximate surface area is 93.2 Å². The van der Waals surface area contributed by atoms with E-state index in [-0.39, 0.29) is 5.92 Å². The van der Waals surface area contributed by atoms with Crippen LogP contribution in [0.4, 0.5) is 0 Å². The van der Waals surface area contributed by atoms with Gasteiger partial charge in [0.15, 0.2) is 0 Å². The molecule has 0 amide bonds. The van der Waals surface area contributed by atoms with Gasteiger partial charge in [0.25, 0.3) is 0 Å². The normalized spacial score (nSPS) is 30.7. The summed E-state index contributed by atoms with van der Waals surface area (Å²) in [5, 5.41) is 12.2. The monoisotopic (exact) mass is 225 g/mol. The van der Waals surface area contributed by atoms with Crippen molar-refractivity contribution in [2.45, 2.75) is 38.5 Å². The summed E-state index contributed by atoms with van der Waals surface area (Å²) in [6.45, 7) is 3.94. The molecule has 0 aromatic carbocycles. The molecule has 1 aromatic rings. The van der Waals surface area contributed by atoms with Gasteiger partial charge in [-0.15, -0.1) is 11.3 Å². The van der Waals surface area contributed by atoms with Gasteiger partial charge < -0.3 is 5.11 Å². The fourth-order valence-electron chi connectivity index (χ4n) is 2.47. The fourth-order valence-corrected chi connectivity index (χ4v) is 3.60. The molecule has 1 fully saturated rings. The molecule has 0 bridgehead atoms. The van der Waals surface area contributed by atoms with Gasteiger partial charge in [-0.05, 0) is 25.7 Å². The van der Waals surface area contributed by atoms with Crippen molar-refractivity contribution in [3.8, 4) is 0 Å². The van der Waals surface area contributed by atoms with Gasteiger partial charge in [-0.3, -0.25) is 4.79 Å². The third-order valence-corrected chi connectivity index (χ3v) is 4.57. The topological polar surface area (TPSA) is 50.2 Å². The summed E-state index contributed by atoms with van der Waals surface area (Å²) in [5.74, 6) is -0.512. The third-order valence-electron chi connectivity index (χ3n) is 3.43. The molecule has 0 saturated heterocycles. The van der Waals surface area contributed by atoms with Crippen molar-refractivity contribution < 1.29 is 9.90 Å². The van der Waals surface area contributed by atoms with E-state index in [9.17, 15) is 9.90 Å². The first-order valence-corrected chi connectivity index (χ1v) is 6.11. The molecule has 2 unspecified atom stereocenters. The van der Waals surface area contributed by atoms with Gasteiger partial charge >= 0.3 is 5.97 Å². The van der Waals surface area contributed by atoms with Crippen LogP contribution in [-0.2, 0) is 10.2 Å². The molecule has 1 aliphatic rings. The van der Waals surface area contributed by atoms with E-state index in [0.717, 1.165) is 30.0 Å². The molecule has 0 spiro atoms. The Hall–Kier alpha value is -0.900. The summed E-state index contributed by atoms with van der Waals surface area (Å²) < 4.78 is 0. The predicted octanol–water partition coefficient (Wildman–Crippen LogP) is 2.59. The van der Waals surface area contributed by atoms with Crippen LogP contribution in [0.2, 0.25) is 0 Å². The second-order valence-corrected chi connectivity index (χ2v) is 5.22. The van der Waals surface area contributed by atoms with E-state index in [2.05, 4.69) is 4.98 Å². The molecule has 3 nitrogen and oxygen atoms in total. The molecule has 1 N–H and O–H groups in total. The Morgan fingerprint density at radius 3 is 2.87 bits per heavy atom. The van der Waals surface area contributed by atoms with Crippen molar-refractivity contribution in [1.82, 2.24) is 4.98 Å². The van der Waals surface area contributed by atoms with Crippen LogP contribution in [0.25, 0.3) is 0 Å². The van der Waals surface area contributed by atoms with Crippen molar-refractivity contribution in [3.63, 3.8) is 0 Å². The summed E-state index contributed by atoms with van der Waals surface area (Å²) >= 11 is 1.49. The maximum Gasteiger partial charge on any atom is 0.316 e. The number of rotatable bonds is 2. The fraction of sp³-hybridized carbons (Fsp3) is 0.636. The SMILES string of the molecule is Cc1csc(C2(C(=O)O)CCCC2C)n1. The third kappa shape index (κ3) is 1.47. The summed E-state index contributed by atoms with van der Waals surface area (Å²) in [7, 11) is 0. The lowest BCUT2D eigenvalue weighted by Gasteiger charge is -2.26. The zero-order valence-electron chi connectivity index (χ0n) is 8.99. The Kier molecular flexibility index (Phi) is 2.54. The number of carboxylic acids is 1. The predicted molar refractivity (Wildman–Crippen MR) is 59.2 cm³/mol. The molecule has 0 aliphatic heterocycles. The van der Waals surface area contributed by atoms with Crippen molar-refractivity contribution >= 4 is 17.3 Å². The lowest BCUT2D eigenvalue weighted by atomic mass is 9.79. The minimum atomic E-state index is -0.709. The lowest BCUT2D eigenvalue weighted by Crippen LogP contribution is -2.38. The molecular formula is C11H15NO2S. The van der Waals surface area contributed by atoms with E-state index in [4.69, 9.17) is 0 Å². The maximum absolute atomic E-state index is 11.5. The highest BCUT2D eigenvalue weighted by Crippen LogP contribution is 2.46. The van der Waals surface area contributed by atoms with Crippen LogP contribution in [0, 0.1) is 12.8 Å². The average molecular weight is 225 g/mol. The van der Waals surface area contributed by atoms with Gasteiger partial charge in [0.1, 0.15) is 10.4 Å². The van der Waals surface area contributed by atoms with E-state index < -0.39 is 11.4 Å². The van der Waals surface area contributed by atoms with Crippen LogP contribution < -0.4 is 0 Å². The van der Waals surface area contributed by atoms with Crippen LogP contribution in [0.3, 0.4) is 0 Å². The average Bonchev–Trinajstić information content (AvgIpc) is 2.72. The molecule has 15 heavy (non-hydrogen) atoms. The molecule has 2 rings (SSSR count). The van der Waals surface area contributed by atoms with Crippen LogP contribution in [0.1, 0.15) is 36.9 Å². The Morgan fingerprint density at radius 2 is 2.47 bits per heavy atom. The second-order valence-electron chi connectivity index (χ2n) is 4.36. The van der Waals surface area contributed by atoms with Crippen molar-refractivity contribution in [3.05, 3.63) is 16.1 Å². The number of nitrogens with zero attached hydrogens (tertiary/aromatic N) is 1. The zero-order valence-corrected chi connectivity index (χ0v) is 9.80. The molecule has 1 heterocycles. The quantitative estimate of drug-likeness (QED) is 0.841. The minimum absolute atomic E-state index is 0.195. The van der Waals surface area contributed by atoms with E-state index in [0.29, 0.717) is 0 Å². The van der Waals surface area contributed by atoms with Gasteiger partial charge in [0.05, 0.1) is 0 Å². The molecular weight excluding hydrogens is 210 g/mol. The van der Waals surface area contributed by atoms with Crippen molar-refractivity contribution in [2.24, 2.45) is 5.92 Å². The van der Waals surface area contributed by atoms with Crippen LogP contribution in [0.15, 0.2) is 5.38 Å². The second kappa shape index (κ2) is 3.59. The summed E-state index contributed by atoms with van der Waals surface area (Å²) in [4.78, 5) is 15.9. The Morgan fingerprint density at radius 1 is 1.73 bits per heavy atom.